The first-order chi connectivity index (χ1) is 16.4. The highest BCUT2D eigenvalue weighted by atomic mass is 32.2. The summed E-state index contributed by atoms with van der Waals surface area (Å²) in [5.74, 6) is 0.446. The monoisotopic (exact) mass is 506 g/mol. The average Bonchev–Trinajstić information content (AvgIpc) is 3.50. The molecule has 2 heterocycles. The Kier molecular flexibility index (Phi) is 7.62. The summed E-state index contributed by atoms with van der Waals surface area (Å²) in [7, 11) is -3.81. The third-order valence-electron chi connectivity index (χ3n) is 5.57. The number of halogens is 1. The van der Waals surface area contributed by atoms with E-state index < -0.39 is 15.7 Å². The fourth-order valence-corrected chi connectivity index (χ4v) is 6.36. The molecule has 0 aliphatic heterocycles. The van der Waals surface area contributed by atoms with Crippen LogP contribution in [0.25, 0.3) is 0 Å². The summed E-state index contributed by atoms with van der Waals surface area (Å²) in [6, 6.07) is 6.27. The van der Waals surface area contributed by atoms with Crippen molar-refractivity contribution in [2.75, 3.05) is 18.5 Å². The maximum absolute atomic E-state index is 15.0. The molecule has 1 saturated carbocycles. The molecule has 0 saturated heterocycles. The summed E-state index contributed by atoms with van der Waals surface area (Å²) in [6.07, 6.45) is 6.95. The van der Waals surface area contributed by atoms with Crippen LogP contribution in [0.15, 0.2) is 39.6 Å². The van der Waals surface area contributed by atoms with E-state index in [0.29, 0.717) is 30.7 Å². The Morgan fingerprint density at radius 2 is 2.00 bits per heavy atom. The van der Waals surface area contributed by atoms with Crippen LogP contribution in [-0.2, 0) is 9.84 Å². The lowest BCUT2D eigenvalue weighted by Crippen LogP contribution is -2.09. The van der Waals surface area contributed by atoms with Gasteiger partial charge in [0.2, 0.25) is 15.7 Å². The molecule has 0 atom stereocenters. The number of benzene rings is 1. The van der Waals surface area contributed by atoms with E-state index in [2.05, 4.69) is 20.3 Å². The SMILES string of the molecule is CCOc1cccc(S(=O)(=O)c2cnc(Nc3nc(C)nc(OCCC4CCCC4)c3F)s2)c1. The van der Waals surface area contributed by atoms with E-state index in [1.807, 2.05) is 6.92 Å². The minimum absolute atomic E-state index is 0.0165. The van der Waals surface area contributed by atoms with Gasteiger partial charge in [0.1, 0.15) is 15.8 Å². The zero-order valence-corrected chi connectivity index (χ0v) is 20.7. The van der Waals surface area contributed by atoms with E-state index in [-0.39, 0.29) is 25.9 Å². The van der Waals surface area contributed by atoms with Crippen LogP contribution in [-0.4, -0.2) is 36.6 Å². The van der Waals surface area contributed by atoms with Gasteiger partial charge in [-0.1, -0.05) is 43.1 Å². The summed E-state index contributed by atoms with van der Waals surface area (Å²) in [5.41, 5.74) is 0. The number of aromatic nitrogens is 3. The quantitative estimate of drug-likeness (QED) is 0.394. The Morgan fingerprint density at radius 1 is 1.21 bits per heavy atom. The van der Waals surface area contributed by atoms with Crippen molar-refractivity contribution in [1.29, 1.82) is 0 Å². The highest BCUT2D eigenvalue weighted by Gasteiger charge is 2.23. The second-order valence-corrected chi connectivity index (χ2v) is 11.3. The van der Waals surface area contributed by atoms with Gasteiger partial charge in [-0.05, 0) is 44.4 Å². The number of aryl methyl sites for hydroxylation is 1. The Morgan fingerprint density at radius 3 is 2.76 bits per heavy atom. The fraction of sp³-hybridized carbons (Fsp3) is 0.435. The molecule has 0 radical (unpaired) electrons. The highest BCUT2D eigenvalue weighted by Crippen LogP contribution is 2.33. The molecule has 34 heavy (non-hydrogen) atoms. The van der Waals surface area contributed by atoms with Crippen LogP contribution in [0, 0.1) is 18.7 Å². The number of hydrogen-bond acceptors (Lipinski definition) is 9. The fourth-order valence-electron chi connectivity index (χ4n) is 3.89. The average molecular weight is 507 g/mol. The minimum Gasteiger partial charge on any atom is -0.494 e. The van der Waals surface area contributed by atoms with Gasteiger partial charge in [-0.2, -0.15) is 9.37 Å². The maximum Gasteiger partial charge on any atom is 0.256 e. The number of sulfone groups is 1. The first kappa shape index (κ1) is 24.3. The molecular weight excluding hydrogens is 479 g/mol. The topological polar surface area (TPSA) is 103 Å². The Labute approximate surface area is 202 Å². The molecule has 11 heteroatoms. The summed E-state index contributed by atoms with van der Waals surface area (Å²) in [6.45, 7) is 4.27. The molecule has 1 aromatic carbocycles. The third kappa shape index (κ3) is 5.64. The van der Waals surface area contributed by atoms with Gasteiger partial charge in [0.05, 0.1) is 24.3 Å². The standard InChI is InChI=1S/C23H27FN4O4S2/c1-3-31-17-9-6-10-18(13-17)34(29,30)19-14-25-23(33-19)28-21-20(24)22(27-15(2)26-21)32-12-11-16-7-4-5-8-16/h6,9-10,13-14,16H,3-5,7-8,11-12H2,1-2H3,(H,25,26,27,28). The summed E-state index contributed by atoms with van der Waals surface area (Å²) >= 11 is 0.885. The van der Waals surface area contributed by atoms with E-state index in [4.69, 9.17) is 9.47 Å². The van der Waals surface area contributed by atoms with Gasteiger partial charge in [0, 0.05) is 0 Å². The number of rotatable bonds is 10. The minimum atomic E-state index is -3.81. The molecule has 1 N–H and O–H groups in total. The van der Waals surface area contributed by atoms with Gasteiger partial charge in [0.15, 0.2) is 10.9 Å². The van der Waals surface area contributed by atoms with Crippen molar-refractivity contribution in [3.8, 4) is 11.6 Å². The molecule has 8 nitrogen and oxygen atoms in total. The lowest BCUT2D eigenvalue weighted by Gasteiger charge is -2.12. The van der Waals surface area contributed by atoms with Crippen LogP contribution in [0.4, 0.5) is 15.3 Å². The second-order valence-electron chi connectivity index (χ2n) is 8.05. The molecule has 1 aliphatic carbocycles. The van der Waals surface area contributed by atoms with Crippen LogP contribution in [0.1, 0.15) is 44.9 Å². The van der Waals surface area contributed by atoms with Crippen molar-refractivity contribution in [2.45, 2.75) is 55.1 Å². The van der Waals surface area contributed by atoms with Crippen molar-refractivity contribution in [2.24, 2.45) is 5.92 Å². The number of anilines is 2. The molecule has 2 aromatic heterocycles. The zero-order valence-electron chi connectivity index (χ0n) is 19.1. The van der Waals surface area contributed by atoms with Crippen molar-refractivity contribution >= 4 is 32.1 Å². The summed E-state index contributed by atoms with van der Waals surface area (Å²) in [5, 5.41) is 2.96. The molecule has 0 spiro atoms. The number of ether oxygens (including phenoxy) is 2. The van der Waals surface area contributed by atoms with Crippen molar-refractivity contribution < 1.29 is 22.3 Å². The summed E-state index contributed by atoms with van der Waals surface area (Å²) < 4.78 is 52.1. The lowest BCUT2D eigenvalue weighted by atomic mass is 10.1. The zero-order chi connectivity index (χ0) is 24.1. The van der Waals surface area contributed by atoms with Crippen LogP contribution < -0.4 is 14.8 Å². The van der Waals surface area contributed by atoms with E-state index in [1.54, 1.807) is 19.1 Å². The normalized spacial score (nSPS) is 14.3. The molecule has 1 aliphatic rings. The van der Waals surface area contributed by atoms with Gasteiger partial charge < -0.3 is 14.8 Å². The smallest absolute Gasteiger partial charge is 0.256 e. The third-order valence-corrected chi connectivity index (χ3v) is 8.70. The number of hydrogen-bond donors (Lipinski definition) is 1. The first-order valence-electron chi connectivity index (χ1n) is 11.2. The van der Waals surface area contributed by atoms with Crippen molar-refractivity contribution in [3.63, 3.8) is 0 Å². The molecule has 0 bridgehead atoms. The first-order valence-corrected chi connectivity index (χ1v) is 13.5. The van der Waals surface area contributed by atoms with Crippen molar-refractivity contribution in [1.82, 2.24) is 15.0 Å². The maximum atomic E-state index is 15.0. The van der Waals surface area contributed by atoms with Gasteiger partial charge in [-0.3, -0.25) is 0 Å². The largest absolute Gasteiger partial charge is 0.494 e. The molecular formula is C23H27FN4O4S2. The van der Waals surface area contributed by atoms with Crippen LogP contribution in [0.5, 0.6) is 11.6 Å². The Balaban J connectivity index is 1.49. The van der Waals surface area contributed by atoms with Gasteiger partial charge in [-0.25, -0.2) is 18.4 Å². The van der Waals surface area contributed by atoms with Crippen LogP contribution in [0.2, 0.25) is 0 Å². The Bertz CT molecular complexity index is 1240. The lowest BCUT2D eigenvalue weighted by molar-refractivity contribution is 0.257. The van der Waals surface area contributed by atoms with Gasteiger partial charge in [-0.15, -0.1) is 0 Å². The van der Waals surface area contributed by atoms with Crippen LogP contribution in [0.3, 0.4) is 0 Å². The van der Waals surface area contributed by atoms with Gasteiger partial charge in [0.25, 0.3) is 5.88 Å². The number of nitrogens with one attached hydrogen (secondary N) is 1. The summed E-state index contributed by atoms with van der Waals surface area (Å²) in [4.78, 5) is 12.4. The second kappa shape index (κ2) is 10.6. The van der Waals surface area contributed by atoms with E-state index in [1.165, 1.54) is 44.0 Å². The molecule has 1 fully saturated rings. The molecule has 4 rings (SSSR count). The predicted octanol–water partition coefficient (Wildman–Crippen LogP) is 5.31. The molecule has 3 aromatic rings. The van der Waals surface area contributed by atoms with Gasteiger partial charge >= 0.3 is 0 Å². The molecule has 0 unspecified atom stereocenters. The predicted molar refractivity (Wildman–Crippen MR) is 127 cm³/mol. The number of nitrogens with zero attached hydrogens (tertiary/aromatic N) is 3. The number of thiazole rings is 1. The van der Waals surface area contributed by atoms with E-state index in [9.17, 15) is 12.8 Å². The van der Waals surface area contributed by atoms with E-state index >= 15 is 0 Å². The Hall–Kier alpha value is -2.79. The molecule has 0 amide bonds. The van der Waals surface area contributed by atoms with Crippen LogP contribution >= 0.6 is 11.3 Å². The highest BCUT2D eigenvalue weighted by molar-refractivity contribution is 7.93. The molecule has 182 valence electrons. The van der Waals surface area contributed by atoms with E-state index in [0.717, 1.165) is 17.8 Å². The van der Waals surface area contributed by atoms with Crippen molar-refractivity contribution in [3.05, 3.63) is 42.1 Å².